The largest absolute Gasteiger partial charge is 0.356 e. The number of aliphatic imine (C=N–C) groups is 1. The number of nitrogens with one attached hydrogen (secondary N) is 2. The van der Waals surface area contributed by atoms with Gasteiger partial charge in [-0.1, -0.05) is 31.2 Å². The summed E-state index contributed by atoms with van der Waals surface area (Å²) in [6.45, 7) is 7.68. The lowest BCUT2D eigenvalue weighted by Crippen LogP contribution is -2.37. The van der Waals surface area contributed by atoms with Crippen LogP contribution in [0.15, 0.2) is 29.3 Å². The molecule has 1 aromatic carbocycles. The van der Waals surface area contributed by atoms with Crippen LogP contribution in [0.3, 0.4) is 0 Å². The van der Waals surface area contributed by atoms with Crippen LogP contribution >= 0.6 is 11.8 Å². The van der Waals surface area contributed by atoms with Crippen LogP contribution in [0.5, 0.6) is 0 Å². The molecule has 0 unspecified atom stereocenters. The summed E-state index contributed by atoms with van der Waals surface area (Å²) in [5.41, 5.74) is 2.81. The number of rotatable bonds is 9. The second-order valence-corrected chi connectivity index (χ2v) is 8.27. The lowest BCUT2D eigenvalue weighted by molar-refractivity contribution is 0.185. The first-order chi connectivity index (χ1) is 12.7. The van der Waals surface area contributed by atoms with E-state index in [-0.39, 0.29) is 0 Å². The fourth-order valence-corrected chi connectivity index (χ4v) is 3.82. The minimum Gasteiger partial charge on any atom is -0.356 e. The monoisotopic (exact) mass is 376 g/mol. The molecule has 0 spiro atoms. The van der Waals surface area contributed by atoms with E-state index in [1.165, 1.54) is 55.7 Å². The van der Waals surface area contributed by atoms with E-state index in [2.05, 4.69) is 58.0 Å². The molecule has 0 aromatic heterocycles. The van der Waals surface area contributed by atoms with E-state index < -0.39 is 0 Å². The molecule has 26 heavy (non-hydrogen) atoms. The molecule has 0 atom stereocenters. The van der Waals surface area contributed by atoms with Gasteiger partial charge in [0.05, 0.1) is 0 Å². The van der Waals surface area contributed by atoms with Gasteiger partial charge in [-0.25, -0.2) is 0 Å². The second kappa shape index (κ2) is 12.2. The summed E-state index contributed by atoms with van der Waals surface area (Å²) in [6, 6.07) is 8.80. The first-order valence-electron chi connectivity index (χ1n) is 9.95. The normalized spacial score (nSPS) is 16.7. The molecular formula is C21H36N4S. The highest BCUT2D eigenvalue weighted by Gasteiger charge is 2.16. The molecule has 146 valence electrons. The molecule has 5 heteroatoms. The van der Waals surface area contributed by atoms with Gasteiger partial charge in [0, 0.05) is 26.7 Å². The topological polar surface area (TPSA) is 39.7 Å². The van der Waals surface area contributed by atoms with Gasteiger partial charge in [-0.05, 0) is 67.8 Å². The van der Waals surface area contributed by atoms with Crippen molar-refractivity contribution in [2.75, 3.05) is 38.7 Å². The van der Waals surface area contributed by atoms with Crippen molar-refractivity contribution >= 4 is 17.7 Å². The molecule has 2 N–H and O–H groups in total. The Morgan fingerprint density at radius 3 is 2.58 bits per heavy atom. The van der Waals surface area contributed by atoms with Crippen LogP contribution in [0.4, 0.5) is 0 Å². The van der Waals surface area contributed by atoms with Gasteiger partial charge < -0.3 is 10.6 Å². The van der Waals surface area contributed by atoms with E-state index >= 15 is 0 Å². The third-order valence-electron chi connectivity index (χ3n) is 5.13. The lowest BCUT2D eigenvalue weighted by Gasteiger charge is -2.30. The molecule has 0 saturated carbocycles. The van der Waals surface area contributed by atoms with Crippen molar-refractivity contribution in [2.24, 2.45) is 10.9 Å². The standard InChI is InChI=1S/C21H36N4S/c1-18-10-13-25(14-11-18)17-20-9-5-4-8-19(20)16-24-21(22-2)23-12-6-7-15-26-3/h4-5,8-9,18H,6-7,10-17H2,1-3H3,(H2,22,23,24). The molecule has 4 nitrogen and oxygen atoms in total. The summed E-state index contributed by atoms with van der Waals surface area (Å²) in [4.78, 5) is 6.95. The third-order valence-corrected chi connectivity index (χ3v) is 5.82. The van der Waals surface area contributed by atoms with Crippen molar-refractivity contribution in [3.63, 3.8) is 0 Å². The van der Waals surface area contributed by atoms with Gasteiger partial charge in [0.1, 0.15) is 0 Å². The maximum atomic E-state index is 4.35. The molecule has 0 aliphatic carbocycles. The molecule has 2 rings (SSSR count). The number of unbranched alkanes of at least 4 members (excludes halogenated alkanes) is 1. The highest BCUT2D eigenvalue weighted by atomic mass is 32.2. The highest BCUT2D eigenvalue weighted by Crippen LogP contribution is 2.19. The number of thioether (sulfide) groups is 1. The van der Waals surface area contributed by atoms with Crippen LogP contribution in [0.25, 0.3) is 0 Å². The molecule has 0 amide bonds. The van der Waals surface area contributed by atoms with Gasteiger partial charge in [-0.2, -0.15) is 11.8 Å². The van der Waals surface area contributed by atoms with Crippen molar-refractivity contribution in [1.29, 1.82) is 0 Å². The summed E-state index contributed by atoms with van der Waals surface area (Å²) >= 11 is 1.91. The lowest BCUT2D eigenvalue weighted by atomic mass is 9.98. The predicted octanol–water partition coefficient (Wildman–Crippen LogP) is 3.73. The highest BCUT2D eigenvalue weighted by molar-refractivity contribution is 7.98. The average Bonchev–Trinajstić information content (AvgIpc) is 2.67. The van der Waals surface area contributed by atoms with E-state index in [9.17, 15) is 0 Å². The van der Waals surface area contributed by atoms with Gasteiger partial charge in [0.15, 0.2) is 5.96 Å². The van der Waals surface area contributed by atoms with Crippen molar-refractivity contribution < 1.29 is 0 Å². The van der Waals surface area contributed by atoms with Crippen LogP contribution in [0.2, 0.25) is 0 Å². The first-order valence-corrected chi connectivity index (χ1v) is 11.3. The molecule has 0 radical (unpaired) electrons. The zero-order valence-corrected chi connectivity index (χ0v) is 17.6. The van der Waals surface area contributed by atoms with E-state index in [1.807, 2.05) is 18.8 Å². The van der Waals surface area contributed by atoms with Crippen LogP contribution < -0.4 is 10.6 Å². The molecule has 1 aromatic rings. The van der Waals surface area contributed by atoms with Crippen LogP contribution in [0.1, 0.15) is 43.7 Å². The van der Waals surface area contributed by atoms with Crippen LogP contribution in [0, 0.1) is 5.92 Å². The molecule has 1 heterocycles. The van der Waals surface area contributed by atoms with Crippen molar-refractivity contribution in [2.45, 2.75) is 45.7 Å². The van der Waals surface area contributed by atoms with Gasteiger partial charge in [-0.3, -0.25) is 9.89 Å². The quantitative estimate of drug-likeness (QED) is 0.391. The SMILES string of the molecule is CN=C(NCCCCSC)NCc1ccccc1CN1CCC(C)CC1. The molecule has 1 saturated heterocycles. The molecule has 0 bridgehead atoms. The van der Waals surface area contributed by atoms with E-state index in [4.69, 9.17) is 0 Å². The molecular weight excluding hydrogens is 340 g/mol. The number of hydrogen-bond donors (Lipinski definition) is 2. The van der Waals surface area contributed by atoms with Crippen molar-refractivity contribution in [1.82, 2.24) is 15.5 Å². The average molecular weight is 377 g/mol. The Labute approximate surface area is 164 Å². The van der Waals surface area contributed by atoms with Gasteiger partial charge >= 0.3 is 0 Å². The summed E-state index contributed by atoms with van der Waals surface area (Å²) in [5, 5.41) is 6.90. The molecule has 1 aliphatic rings. The van der Waals surface area contributed by atoms with Crippen LogP contribution in [-0.2, 0) is 13.1 Å². The van der Waals surface area contributed by atoms with Gasteiger partial charge in [0.2, 0.25) is 0 Å². The Bertz CT molecular complexity index is 539. The van der Waals surface area contributed by atoms with Crippen LogP contribution in [-0.4, -0.2) is 49.6 Å². The summed E-state index contributed by atoms with van der Waals surface area (Å²) in [5.74, 6) is 3.01. The Morgan fingerprint density at radius 2 is 1.88 bits per heavy atom. The van der Waals surface area contributed by atoms with E-state index in [0.717, 1.165) is 31.5 Å². The minimum atomic E-state index is 0.824. The maximum absolute atomic E-state index is 4.35. The Morgan fingerprint density at radius 1 is 1.15 bits per heavy atom. The Hall–Kier alpha value is -1.20. The summed E-state index contributed by atoms with van der Waals surface area (Å²) in [7, 11) is 1.85. The fraction of sp³-hybridized carbons (Fsp3) is 0.667. The Kier molecular flexibility index (Phi) is 9.93. The van der Waals surface area contributed by atoms with Gasteiger partial charge in [-0.15, -0.1) is 0 Å². The predicted molar refractivity (Wildman–Crippen MR) is 116 cm³/mol. The van der Waals surface area contributed by atoms with Crippen molar-refractivity contribution in [3.8, 4) is 0 Å². The fourth-order valence-electron chi connectivity index (χ4n) is 3.32. The third kappa shape index (κ3) is 7.58. The number of benzene rings is 1. The second-order valence-electron chi connectivity index (χ2n) is 7.28. The number of likely N-dealkylation sites (tertiary alicyclic amines) is 1. The van der Waals surface area contributed by atoms with Crippen molar-refractivity contribution in [3.05, 3.63) is 35.4 Å². The zero-order chi connectivity index (χ0) is 18.6. The summed E-state index contributed by atoms with van der Waals surface area (Å²) < 4.78 is 0. The number of nitrogens with zero attached hydrogens (tertiary/aromatic N) is 2. The van der Waals surface area contributed by atoms with Gasteiger partial charge in [0.25, 0.3) is 0 Å². The Balaban J connectivity index is 1.81. The van der Waals surface area contributed by atoms with E-state index in [1.54, 1.807) is 0 Å². The number of piperidine rings is 1. The maximum Gasteiger partial charge on any atom is 0.191 e. The zero-order valence-electron chi connectivity index (χ0n) is 16.8. The minimum absolute atomic E-state index is 0.824. The summed E-state index contributed by atoms with van der Waals surface area (Å²) in [6.07, 6.45) is 7.25. The molecule has 1 fully saturated rings. The first kappa shape index (κ1) is 21.1. The smallest absolute Gasteiger partial charge is 0.191 e. The number of guanidine groups is 1. The molecule has 1 aliphatic heterocycles. The number of hydrogen-bond acceptors (Lipinski definition) is 3. The van der Waals surface area contributed by atoms with E-state index in [0.29, 0.717) is 0 Å².